The predicted octanol–water partition coefficient (Wildman–Crippen LogP) is 2.00. The molecular formula is C16H25N3OS2. The fourth-order valence-corrected chi connectivity index (χ4v) is 4.59. The van der Waals surface area contributed by atoms with Gasteiger partial charge in [-0.1, -0.05) is 30.3 Å². The molecule has 122 valence electrons. The molecule has 0 radical (unpaired) electrons. The van der Waals surface area contributed by atoms with Gasteiger partial charge in [0.2, 0.25) is 0 Å². The van der Waals surface area contributed by atoms with Crippen LogP contribution in [0.5, 0.6) is 0 Å². The highest BCUT2D eigenvalue weighted by molar-refractivity contribution is 8.00. The number of nitrogens with one attached hydrogen (secondary N) is 2. The van der Waals surface area contributed by atoms with E-state index in [0.717, 1.165) is 18.1 Å². The van der Waals surface area contributed by atoms with Crippen molar-refractivity contribution in [1.29, 1.82) is 0 Å². The maximum atomic E-state index is 12.1. The van der Waals surface area contributed by atoms with E-state index in [2.05, 4.69) is 15.6 Å². The van der Waals surface area contributed by atoms with Gasteiger partial charge in [0, 0.05) is 47.7 Å². The molecule has 1 aromatic rings. The van der Waals surface area contributed by atoms with Crippen molar-refractivity contribution in [3.8, 4) is 0 Å². The molecule has 2 N–H and O–H groups in total. The number of nitrogens with zero attached hydrogens (tertiary/aromatic N) is 1. The molecule has 0 amide bonds. The summed E-state index contributed by atoms with van der Waals surface area (Å²) < 4.78 is 12.1. The van der Waals surface area contributed by atoms with Crippen LogP contribution in [-0.4, -0.2) is 47.1 Å². The van der Waals surface area contributed by atoms with Crippen LogP contribution in [0, 0.1) is 0 Å². The predicted molar refractivity (Wildman–Crippen MR) is 98.0 cm³/mol. The van der Waals surface area contributed by atoms with Crippen LogP contribution in [0.3, 0.4) is 0 Å². The van der Waals surface area contributed by atoms with Gasteiger partial charge >= 0.3 is 0 Å². The molecular weight excluding hydrogens is 314 g/mol. The summed E-state index contributed by atoms with van der Waals surface area (Å²) in [6, 6.07) is 9.98. The number of guanidine groups is 1. The molecule has 1 aliphatic rings. The van der Waals surface area contributed by atoms with Crippen molar-refractivity contribution in [1.82, 2.24) is 10.6 Å². The van der Waals surface area contributed by atoms with Crippen molar-refractivity contribution < 1.29 is 4.21 Å². The Labute approximate surface area is 140 Å². The van der Waals surface area contributed by atoms with E-state index < -0.39 is 10.8 Å². The van der Waals surface area contributed by atoms with E-state index in [4.69, 9.17) is 0 Å². The third kappa shape index (κ3) is 6.40. The molecule has 1 saturated heterocycles. The molecule has 22 heavy (non-hydrogen) atoms. The van der Waals surface area contributed by atoms with Gasteiger partial charge in [0.25, 0.3) is 0 Å². The number of benzene rings is 1. The summed E-state index contributed by atoms with van der Waals surface area (Å²) >= 11 is 2.03. The Kier molecular flexibility index (Phi) is 7.80. The Bertz CT molecular complexity index is 487. The minimum Gasteiger partial charge on any atom is -0.355 e. The first-order valence-electron chi connectivity index (χ1n) is 7.73. The first kappa shape index (κ1) is 17.3. The van der Waals surface area contributed by atoms with Crippen LogP contribution in [0.2, 0.25) is 0 Å². The first-order valence-corrected chi connectivity index (χ1v) is 10.3. The van der Waals surface area contributed by atoms with Gasteiger partial charge in [-0.3, -0.25) is 9.20 Å². The summed E-state index contributed by atoms with van der Waals surface area (Å²) in [6.07, 6.45) is 2.61. The standard InChI is InChI=1S/C16H25N3OS2/c1-17-16(19-12-15-8-5-10-21-15)18-9-11-22(20)13-14-6-3-2-4-7-14/h2-4,6-7,15H,5,8-13H2,1H3,(H2,17,18,19). The highest BCUT2D eigenvalue weighted by atomic mass is 32.2. The Balaban J connectivity index is 1.62. The quantitative estimate of drug-likeness (QED) is 0.589. The van der Waals surface area contributed by atoms with Crippen LogP contribution in [-0.2, 0) is 16.6 Å². The molecule has 2 atom stereocenters. The Morgan fingerprint density at radius 2 is 2.18 bits per heavy atom. The van der Waals surface area contributed by atoms with E-state index >= 15 is 0 Å². The molecule has 1 fully saturated rings. The van der Waals surface area contributed by atoms with Crippen LogP contribution < -0.4 is 10.6 Å². The third-order valence-electron chi connectivity index (χ3n) is 3.54. The average Bonchev–Trinajstić information content (AvgIpc) is 3.05. The van der Waals surface area contributed by atoms with Gasteiger partial charge in [0.1, 0.15) is 0 Å². The lowest BCUT2D eigenvalue weighted by Gasteiger charge is -2.14. The molecule has 0 saturated carbocycles. The van der Waals surface area contributed by atoms with Gasteiger partial charge in [-0.25, -0.2) is 0 Å². The Hall–Kier alpha value is -1.01. The highest BCUT2D eigenvalue weighted by Gasteiger charge is 2.15. The summed E-state index contributed by atoms with van der Waals surface area (Å²) in [7, 11) is 0.931. The van der Waals surface area contributed by atoms with Gasteiger partial charge in [-0.2, -0.15) is 11.8 Å². The van der Waals surface area contributed by atoms with Gasteiger partial charge in [-0.15, -0.1) is 0 Å². The van der Waals surface area contributed by atoms with Crippen molar-refractivity contribution in [2.24, 2.45) is 4.99 Å². The Morgan fingerprint density at radius 1 is 1.36 bits per heavy atom. The molecule has 4 nitrogen and oxygen atoms in total. The van der Waals surface area contributed by atoms with Crippen molar-refractivity contribution in [3.05, 3.63) is 35.9 Å². The SMILES string of the molecule is CN=C(NCCS(=O)Cc1ccccc1)NCC1CCCS1. The van der Waals surface area contributed by atoms with Gasteiger partial charge in [0.15, 0.2) is 5.96 Å². The third-order valence-corrected chi connectivity index (χ3v) is 6.25. The van der Waals surface area contributed by atoms with Gasteiger partial charge < -0.3 is 10.6 Å². The zero-order valence-electron chi connectivity index (χ0n) is 13.1. The summed E-state index contributed by atoms with van der Waals surface area (Å²) in [6.45, 7) is 1.63. The number of hydrogen-bond donors (Lipinski definition) is 2. The zero-order valence-corrected chi connectivity index (χ0v) is 14.7. The lowest BCUT2D eigenvalue weighted by molar-refractivity contribution is 0.680. The van der Waals surface area contributed by atoms with Crippen molar-refractivity contribution >= 4 is 28.5 Å². The number of thioether (sulfide) groups is 1. The molecule has 0 aromatic heterocycles. The summed E-state index contributed by atoms with van der Waals surface area (Å²) in [5.41, 5.74) is 1.13. The van der Waals surface area contributed by atoms with Crippen LogP contribution in [0.15, 0.2) is 35.3 Å². The molecule has 2 unspecified atom stereocenters. The molecule has 0 aliphatic carbocycles. The molecule has 2 rings (SSSR count). The minimum atomic E-state index is -0.845. The normalized spacial score (nSPS) is 19.9. The molecule has 1 aliphatic heterocycles. The fourth-order valence-electron chi connectivity index (χ4n) is 2.35. The van der Waals surface area contributed by atoms with Crippen LogP contribution >= 0.6 is 11.8 Å². The number of rotatable bonds is 7. The highest BCUT2D eigenvalue weighted by Crippen LogP contribution is 2.25. The topological polar surface area (TPSA) is 53.5 Å². The van der Waals surface area contributed by atoms with Crippen LogP contribution in [0.1, 0.15) is 18.4 Å². The van der Waals surface area contributed by atoms with E-state index in [1.165, 1.54) is 18.6 Å². The van der Waals surface area contributed by atoms with Crippen molar-refractivity contribution in [3.63, 3.8) is 0 Å². The second-order valence-corrected chi connectivity index (χ2v) is 8.27. The molecule has 0 spiro atoms. The monoisotopic (exact) mass is 339 g/mol. The average molecular weight is 340 g/mol. The first-order chi connectivity index (χ1) is 10.8. The summed E-state index contributed by atoms with van der Waals surface area (Å²) in [5.74, 6) is 3.34. The summed E-state index contributed by atoms with van der Waals surface area (Å²) in [4.78, 5) is 4.22. The maximum Gasteiger partial charge on any atom is 0.191 e. The van der Waals surface area contributed by atoms with Gasteiger partial charge in [-0.05, 0) is 24.2 Å². The number of hydrogen-bond acceptors (Lipinski definition) is 3. The van der Waals surface area contributed by atoms with E-state index in [-0.39, 0.29) is 0 Å². The minimum absolute atomic E-state index is 0.618. The smallest absolute Gasteiger partial charge is 0.191 e. The van der Waals surface area contributed by atoms with Gasteiger partial charge in [0.05, 0.1) is 0 Å². The second kappa shape index (κ2) is 9.90. The maximum absolute atomic E-state index is 12.1. The van der Waals surface area contributed by atoms with E-state index in [0.29, 0.717) is 23.3 Å². The zero-order chi connectivity index (χ0) is 15.6. The van der Waals surface area contributed by atoms with Crippen LogP contribution in [0.4, 0.5) is 0 Å². The van der Waals surface area contributed by atoms with E-state index in [1.807, 2.05) is 42.1 Å². The fraction of sp³-hybridized carbons (Fsp3) is 0.562. The van der Waals surface area contributed by atoms with Crippen LogP contribution in [0.25, 0.3) is 0 Å². The van der Waals surface area contributed by atoms with Crippen molar-refractivity contribution in [2.75, 3.05) is 31.6 Å². The molecule has 1 aromatic carbocycles. The lowest BCUT2D eigenvalue weighted by Crippen LogP contribution is -2.41. The van der Waals surface area contributed by atoms with E-state index in [9.17, 15) is 4.21 Å². The molecule has 0 bridgehead atoms. The largest absolute Gasteiger partial charge is 0.355 e. The van der Waals surface area contributed by atoms with E-state index in [1.54, 1.807) is 7.05 Å². The number of aliphatic imine (C=N–C) groups is 1. The lowest BCUT2D eigenvalue weighted by atomic mass is 10.2. The Morgan fingerprint density at radius 3 is 2.86 bits per heavy atom. The van der Waals surface area contributed by atoms with Crippen molar-refractivity contribution in [2.45, 2.75) is 23.8 Å². The summed E-state index contributed by atoms with van der Waals surface area (Å²) in [5, 5.41) is 7.30. The molecule has 6 heteroatoms. The second-order valence-electron chi connectivity index (χ2n) is 5.29. The molecule has 1 heterocycles.